The first kappa shape index (κ1) is 15.9. The molecule has 1 atom stereocenters. The van der Waals surface area contributed by atoms with E-state index >= 15 is 0 Å². The third-order valence-electron chi connectivity index (χ3n) is 3.11. The van der Waals surface area contributed by atoms with E-state index in [4.69, 9.17) is 4.52 Å². The maximum absolute atomic E-state index is 11.0. The summed E-state index contributed by atoms with van der Waals surface area (Å²) in [5, 5.41) is 9.79. The molecule has 6 nitrogen and oxygen atoms in total. The Morgan fingerprint density at radius 3 is 2.68 bits per heavy atom. The summed E-state index contributed by atoms with van der Waals surface area (Å²) in [5.74, 6) is 1.07. The number of hydrogen-bond acceptors (Lipinski definition) is 5. The molecule has 0 saturated carbocycles. The number of nitrogens with one attached hydrogen (secondary N) is 2. The predicted octanol–water partition coefficient (Wildman–Crippen LogP) is 2.35. The van der Waals surface area contributed by atoms with E-state index in [9.17, 15) is 4.79 Å². The van der Waals surface area contributed by atoms with Crippen molar-refractivity contribution >= 4 is 23.7 Å². The molecule has 6 heteroatoms. The highest BCUT2D eigenvalue weighted by Gasteiger charge is 2.07. The van der Waals surface area contributed by atoms with Crippen LogP contribution < -0.4 is 10.6 Å². The molecule has 1 aromatic heterocycles. The Bertz CT molecular complexity index is 646. The molecule has 0 aliphatic carbocycles. The topological polar surface area (TPSA) is 80.0 Å². The first-order chi connectivity index (χ1) is 10.6. The molecule has 0 radical (unpaired) electrons. The Labute approximate surface area is 129 Å². The molecule has 1 unspecified atom stereocenters. The van der Waals surface area contributed by atoms with Gasteiger partial charge < -0.3 is 15.2 Å². The van der Waals surface area contributed by atoms with Gasteiger partial charge in [0.05, 0.1) is 0 Å². The highest BCUT2D eigenvalue weighted by Crippen LogP contribution is 2.12. The van der Waals surface area contributed by atoms with Crippen molar-refractivity contribution in [2.75, 3.05) is 12.4 Å². The van der Waals surface area contributed by atoms with Crippen molar-refractivity contribution in [1.29, 1.82) is 0 Å². The van der Waals surface area contributed by atoms with Gasteiger partial charge >= 0.3 is 0 Å². The SMILES string of the molecule is CNC(C)Cc1noc(/C=C/c2ccc(NC(C)=O)cc2)n1. The molecule has 2 N–H and O–H groups in total. The minimum absolute atomic E-state index is 0.0857. The average Bonchev–Trinajstić information content (AvgIpc) is 2.93. The van der Waals surface area contributed by atoms with E-state index in [-0.39, 0.29) is 5.91 Å². The van der Waals surface area contributed by atoms with Gasteiger partial charge in [-0.2, -0.15) is 4.98 Å². The number of aromatic nitrogens is 2. The highest BCUT2D eigenvalue weighted by molar-refractivity contribution is 5.88. The van der Waals surface area contributed by atoms with Crippen molar-refractivity contribution in [1.82, 2.24) is 15.5 Å². The number of anilines is 1. The van der Waals surface area contributed by atoms with Gasteiger partial charge in [0, 0.05) is 31.1 Å². The van der Waals surface area contributed by atoms with Gasteiger partial charge in [0.25, 0.3) is 5.89 Å². The van der Waals surface area contributed by atoms with E-state index < -0.39 is 0 Å². The highest BCUT2D eigenvalue weighted by atomic mass is 16.5. The molecule has 1 heterocycles. The van der Waals surface area contributed by atoms with E-state index in [1.807, 2.05) is 37.4 Å². The molecule has 22 heavy (non-hydrogen) atoms. The second kappa shape index (κ2) is 7.51. The third-order valence-corrected chi connectivity index (χ3v) is 3.11. The van der Waals surface area contributed by atoms with Crippen LogP contribution in [0.3, 0.4) is 0 Å². The van der Waals surface area contributed by atoms with Gasteiger partial charge in [-0.15, -0.1) is 0 Å². The fourth-order valence-corrected chi connectivity index (χ4v) is 1.84. The second-order valence-electron chi connectivity index (χ2n) is 5.08. The van der Waals surface area contributed by atoms with Crippen LogP contribution >= 0.6 is 0 Å². The average molecular weight is 300 g/mol. The first-order valence-electron chi connectivity index (χ1n) is 7.12. The van der Waals surface area contributed by atoms with E-state index in [2.05, 4.69) is 27.7 Å². The number of benzene rings is 1. The zero-order chi connectivity index (χ0) is 15.9. The lowest BCUT2D eigenvalue weighted by Crippen LogP contribution is -2.24. The van der Waals surface area contributed by atoms with Gasteiger partial charge in [-0.25, -0.2) is 0 Å². The summed E-state index contributed by atoms with van der Waals surface area (Å²) in [6, 6.07) is 7.80. The fraction of sp³-hybridized carbons (Fsp3) is 0.312. The minimum atomic E-state index is -0.0857. The number of amides is 1. The van der Waals surface area contributed by atoms with Gasteiger partial charge in [0.2, 0.25) is 5.91 Å². The summed E-state index contributed by atoms with van der Waals surface area (Å²) in [7, 11) is 1.90. The summed E-state index contributed by atoms with van der Waals surface area (Å²) < 4.78 is 5.18. The third kappa shape index (κ3) is 4.82. The van der Waals surface area contributed by atoms with Crippen LogP contribution in [0.2, 0.25) is 0 Å². The number of nitrogens with zero attached hydrogens (tertiary/aromatic N) is 2. The lowest BCUT2D eigenvalue weighted by molar-refractivity contribution is -0.114. The van der Waals surface area contributed by atoms with E-state index in [1.165, 1.54) is 6.92 Å². The fourth-order valence-electron chi connectivity index (χ4n) is 1.84. The van der Waals surface area contributed by atoms with E-state index in [1.54, 1.807) is 6.08 Å². The number of carbonyl (C=O) groups is 1. The van der Waals surface area contributed by atoms with Gasteiger partial charge in [-0.1, -0.05) is 17.3 Å². The molecule has 1 amide bonds. The molecule has 0 aliphatic rings. The molecular weight excluding hydrogens is 280 g/mol. The number of hydrogen-bond donors (Lipinski definition) is 2. The Morgan fingerprint density at radius 1 is 1.32 bits per heavy atom. The van der Waals surface area contributed by atoms with Crippen molar-refractivity contribution in [3.05, 3.63) is 41.5 Å². The number of carbonyl (C=O) groups excluding carboxylic acids is 1. The molecule has 2 rings (SSSR count). The Hall–Kier alpha value is -2.47. The molecule has 0 spiro atoms. The van der Waals surface area contributed by atoms with Crippen LogP contribution in [0.25, 0.3) is 12.2 Å². The summed E-state index contributed by atoms with van der Waals surface area (Å²) >= 11 is 0. The van der Waals surface area contributed by atoms with Crippen molar-refractivity contribution in [3.8, 4) is 0 Å². The summed E-state index contributed by atoms with van der Waals surface area (Å²) in [5.41, 5.74) is 1.75. The molecule has 0 fully saturated rings. The van der Waals surface area contributed by atoms with Gasteiger partial charge in [0.15, 0.2) is 5.82 Å². The Kier molecular flexibility index (Phi) is 5.43. The van der Waals surface area contributed by atoms with Gasteiger partial charge in [-0.3, -0.25) is 4.79 Å². The molecule has 0 saturated heterocycles. The van der Waals surface area contributed by atoms with E-state index in [0.717, 1.165) is 17.7 Å². The zero-order valence-corrected chi connectivity index (χ0v) is 13.0. The molecule has 0 bridgehead atoms. The predicted molar refractivity (Wildman–Crippen MR) is 86.2 cm³/mol. The maximum atomic E-state index is 11.0. The number of likely N-dealkylation sites (N-methyl/N-ethyl adjacent to an activating group) is 1. The van der Waals surface area contributed by atoms with Crippen LogP contribution in [-0.2, 0) is 11.2 Å². The smallest absolute Gasteiger partial charge is 0.250 e. The van der Waals surface area contributed by atoms with Crippen LogP contribution in [0, 0.1) is 0 Å². The normalized spacial score (nSPS) is 12.5. The maximum Gasteiger partial charge on any atom is 0.250 e. The van der Waals surface area contributed by atoms with Crippen LogP contribution in [0.5, 0.6) is 0 Å². The minimum Gasteiger partial charge on any atom is -0.335 e. The van der Waals surface area contributed by atoms with Crippen molar-refractivity contribution in [2.45, 2.75) is 26.3 Å². The summed E-state index contributed by atoms with van der Waals surface area (Å²) in [6.45, 7) is 3.54. The van der Waals surface area contributed by atoms with Crippen molar-refractivity contribution < 1.29 is 9.32 Å². The molecule has 116 valence electrons. The van der Waals surface area contributed by atoms with Crippen LogP contribution in [0.4, 0.5) is 5.69 Å². The second-order valence-corrected chi connectivity index (χ2v) is 5.08. The molecule has 1 aromatic carbocycles. The number of rotatable bonds is 6. The van der Waals surface area contributed by atoms with Crippen LogP contribution in [-0.4, -0.2) is 29.1 Å². The molecular formula is C16H20N4O2. The monoisotopic (exact) mass is 300 g/mol. The Balaban J connectivity index is 1.98. The van der Waals surface area contributed by atoms with Crippen LogP contribution in [0.1, 0.15) is 31.1 Å². The summed E-state index contributed by atoms with van der Waals surface area (Å²) in [6.07, 6.45) is 4.38. The van der Waals surface area contributed by atoms with E-state index in [0.29, 0.717) is 17.8 Å². The Morgan fingerprint density at radius 2 is 2.05 bits per heavy atom. The standard InChI is InChI=1S/C16H20N4O2/c1-11(17-3)10-15-19-16(22-20-15)9-6-13-4-7-14(8-5-13)18-12(2)21/h4-9,11,17H,10H2,1-3H3,(H,18,21)/b9-6+. The lowest BCUT2D eigenvalue weighted by Gasteiger charge is -2.04. The van der Waals surface area contributed by atoms with Crippen molar-refractivity contribution in [3.63, 3.8) is 0 Å². The van der Waals surface area contributed by atoms with Crippen LogP contribution in [0.15, 0.2) is 28.8 Å². The quantitative estimate of drug-likeness (QED) is 0.856. The summed E-state index contributed by atoms with van der Waals surface area (Å²) in [4.78, 5) is 15.3. The largest absolute Gasteiger partial charge is 0.335 e. The van der Waals surface area contributed by atoms with Crippen molar-refractivity contribution in [2.24, 2.45) is 0 Å². The molecule has 2 aromatic rings. The first-order valence-corrected chi connectivity index (χ1v) is 7.12. The van der Waals surface area contributed by atoms with Gasteiger partial charge in [-0.05, 0) is 37.7 Å². The zero-order valence-electron chi connectivity index (χ0n) is 13.0. The lowest BCUT2D eigenvalue weighted by atomic mass is 10.2. The van der Waals surface area contributed by atoms with Gasteiger partial charge in [0.1, 0.15) is 0 Å². The molecule has 0 aliphatic heterocycles.